The van der Waals surface area contributed by atoms with Gasteiger partial charge in [-0.25, -0.2) is 0 Å². The average molecular weight is 286 g/mol. The summed E-state index contributed by atoms with van der Waals surface area (Å²) in [6.07, 6.45) is 6.00. The van der Waals surface area contributed by atoms with Gasteiger partial charge in [0.05, 0.1) is 9.70 Å². The predicted octanol–water partition coefficient (Wildman–Crippen LogP) is 3.60. The van der Waals surface area contributed by atoms with Gasteiger partial charge in [0.25, 0.3) is 0 Å². The third-order valence-electron chi connectivity index (χ3n) is 1.41. The van der Waals surface area contributed by atoms with Crippen LogP contribution in [-0.4, -0.2) is 9.70 Å². The molecular formula is C7H7Br2Cl. The van der Waals surface area contributed by atoms with Crippen molar-refractivity contribution in [2.24, 2.45) is 0 Å². The lowest BCUT2D eigenvalue weighted by molar-refractivity contribution is 0.822. The molecule has 1 aliphatic rings. The van der Waals surface area contributed by atoms with Crippen molar-refractivity contribution >= 4 is 43.5 Å². The molecule has 0 nitrogen and oxygen atoms in total. The Balaban J connectivity index is 2.84. The second-order valence-electron chi connectivity index (χ2n) is 2.44. The molecule has 1 aliphatic carbocycles. The van der Waals surface area contributed by atoms with E-state index in [4.69, 9.17) is 11.6 Å². The first-order valence-corrected chi connectivity index (χ1v) is 4.94. The van der Waals surface area contributed by atoms with Crippen molar-refractivity contribution in [1.29, 1.82) is 0 Å². The summed E-state index contributed by atoms with van der Waals surface area (Å²) in [5, 5.41) is 0.0203. The molecule has 10 heavy (non-hydrogen) atoms. The van der Waals surface area contributed by atoms with Gasteiger partial charge in [-0.1, -0.05) is 50.1 Å². The Morgan fingerprint density at radius 3 is 2.70 bits per heavy atom. The van der Waals surface area contributed by atoms with E-state index < -0.39 is 0 Å². The molecule has 0 spiro atoms. The third-order valence-corrected chi connectivity index (χ3v) is 3.54. The van der Waals surface area contributed by atoms with Crippen LogP contribution in [0.1, 0.15) is 6.92 Å². The summed E-state index contributed by atoms with van der Waals surface area (Å²) in [6, 6.07) is 0. The Labute approximate surface area is 82.6 Å². The summed E-state index contributed by atoms with van der Waals surface area (Å²) < 4.78 is 0.954. The smallest absolute Gasteiger partial charge is 0.0715 e. The molecule has 0 amide bonds. The highest BCUT2D eigenvalue weighted by Crippen LogP contribution is 2.34. The van der Waals surface area contributed by atoms with E-state index in [0.29, 0.717) is 0 Å². The van der Waals surface area contributed by atoms with Gasteiger partial charge in [0.2, 0.25) is 0 Å². The first kappa shape index (κ1) is 8.82. The van der Waals surface area contributed by atoms with Crippen LogP contribution in [0.5, 0.6) is 0 Å². The largest absolute Gasteiger partial charge is 0.117 e. The van der Waals surface area contributed by atoms with Gasteiger partial charge in [0.1, 0.15) is 0 Å². The second-order valence-corrected chi connectivity index (χ2v) is 5.53. The molecule has 0 N–H and O–H groups in total. The van der Waals surface area contributed by atoms with Gasteiger partial charge in [-0.2, -0.15) is 0 Å². The molecule has 0 aromatic rings. The fraction of sp³-hybridized carbons (Fsp3) is 0.429. The molecule has 0 saturated heterocycles. The number of hydrogen-bond acceptors (Lipinski definition) is 0. The quantitative estimate of drug-likeness (QED) is 0.597. The van der Waals surface area contributed by atoms with E-state index in [9.17, 15) is 0 Å². The molecule has 0 fully saturated rings. The van der Waals surface area contributed by atoms with E-state index in [0.717, 1.165) is 4.48 Å². The summed E-state index contributed by atoms with van der Waals surface area (Å²) in [4.78, 5) is 0. The molecule has 0 bridgehead atoms. The molecule has 0 radical (unpaired) electrons. The summed E-state index contributed by atoms with van der Waals surface area (Å²) >= 11 is 12.8. The van der Waals surface area contributed by atoms with Crippen molar-refractivity contribution < 1.29 is 0 Å². The number of alkyl halides is 2. The van der Waals surface area contributed by atoms with Crippen LogP contribution >= 0.6 is 43.5 Å². The fourth-order valence-corrected chi connectivity index (χ4v) is 1.71. The zero-order chi connectivity index (χ0) is 7.78. The van der Waals surface area contributed by atoms with Gasteiger partial charge in [0.15, 0.2) is 0 Å². The number of rotatable bonds is 0. The van der Waals surface area contributed by atoms with Gasteiger partial charge in [-0.3, -0.25) is 0 Å². The zero-order valence-corrected chi connectivity index (χ0v) is 9.37. The molecular weight excluding hydrogens is 279 g/mol. The molecule has 0 saturated carbocycles. The average Bonchev–Trinajstić information content (AvgIpc) is 1.81. The molecule has 2 atom stereocenters. The van der Waals surface area contributed by atoms with E-state index in [-0.39, 0.29) is 9.70 Å². The van der Waals surface area contributed by atoms with Gasteiger partial charge >= 0.3 is 0 Å². The normalized spacial score (nSPS) is 39.6. The minimum atomic E-state index is -0.0914. The van der Waals surface area contributed by atoms with E-state index in [1.165, 1.54) is 0 Å². The number of hydrogen-bond donors (Lipinski definition) is 0. The lowest BCUT2D eigenvalue weighted by Gasteiger charge is -2.24. The number of halogens is 3. The molecule has 0 aromatic heterocycles. The van der Waals surface area contributed by atoms with Crippen LogP contribution in [0.4, 0.5) is 0 Å². The van der Waals surface area contributed by atoms with Crippen molar-refractivity contribution in [3.05, 3.63) is 22.7 Å². The predicted molar refractivity (Wildman–Crippen MR) is 53.1 cm³/mol. The maximum absolute atomic E-state index is 6.00. The van der Waals surface area contributed by atoms with Gasteiger partial charge < -0.3 is 0 Å². The lowest BCUT2D eigenvalue weighted by atomic mass is 10.0. The van der Waals surface area contributed by atoms with E-state index in [2.05, 4.69) is 31.9 Å². The highest BCUT2D eigenvalue weighted by atomic mass is 79.9. The van der Waals surface area contributed by atoms with Crippen molar-refractivity contribution in [2.75, 3.05) is 0 Å². The third kappa shape index (κ3) is 1.86. The summed E-state index contributed by atoms with van der Waals surface area (Å²) in [5.74, 6) is 0. The van der Waals surface area contributed by atoms with Gasteiger partial charge in [-0.15, -0.1) is 11.6 Å². The van der Waals surface area contributed by atoms with Crippen molar-refractivity contribution in [3.8, 4) is 0 Å². The van der Waals surface area contributed by atoms with Crippen molar-refractivity contribution in [2.45, 2.75) is 16.6 Å². The Hall–Kier alpha value is 0.730. The number of allylic oxidation sites excluding steroid dienone is 4. The monoisotopic (exact) mass is 284 g/mol. The SMILES string of the molecule is CC1(Br)C=CC(Br)=CC1Cl. The molecule has 0 aliphatic heterocycles. The van der Waals surface area contributed by atoms with Gasteiger partial charge in [0, 0.05) is 4.48 Å². The summed E-state index contributed by atoms with van der Waals surface area (Å²) in [7, 11) is 0. The Morgan fingerprint density at radius 2 is 2.30 bits per heavy atom. The molecule has 3 heteroatoms. The lowest BCUT2D eigenvalue weighted by Crippen LogP contribution is -2.26. The van der Waals surface area contributed by atoms with Crippen LogP contribution in [0.3, 0.4) is 0 Å². The molecule has 0 heterocycles. The minimum Gasteiger partial charge on any atom is -0.117 e. The summed E-state index contributed by atoms with van der Waals surface area (Å²) in [5.41, 5.74) is 0. The molecule has 2 unspecified atom stereocenters. The first-order valence-electron chi connectivity index (χ1n) is 2.92. The Morgan fingerprint density at radius 1 is 1.70 bits per heavy atom. The van der Waals surface area contributed by atoms with E-state index in [1.807, 2.05) is 25.2 Å². The van der Waals surface area contributed by atoms with E-state index >= 15 is 0 Å². The standard InChI is InChI=1S/C7H7Br2Cl/c1-7(9)3-2-5(8)4-6(7)10/h2-4,6H,1H3. The van der Waals surface area contributed by atoms with Gasteiger partial charge in [-0.05, 0) is 6.92 Å². The Bertz CT molecular complexity index is 194. The minimum absolute atomic E-state index is 0.0203. The van der Waals surface area contributed by atoms with Crippen LogP contribution in [-0.2, 0) is 0 Å². The second kappa shape index (κ2) is 3.00. The van der Waals surface area contributed by atoms with E-state index in [1.54, 1.807) is 0 Å². The van der Waals surface area contributed by atoms with Crippen LogP contribution in [0, 0.1) is 0 Å². The molecule has 1 rings (SSSR count). The highest BCUT2D eigenvalue weighted by Gasteiger charge is 2.27. The zero-order valence-electron chi connectivity index (χ0n) is 5.44. The topological polar surface area (TPSA) is 0 Å². The van der Waals surface area contributed by atoms with Crippen LogP contribution in [0.25, 0.3) is 0 Å². The first-order chi connectivity index (χ1) is 4.52. The van der Waals surface area contributed by atoms with Crippen molar-refractivity contribution in [1.82, 2.24) is 0 Å². The Kier molecular flexibility index (Phi) is 2.64. The van der Waals surface area contributed by atoms with Crippen LogP contribution in [0.15, 0.2) is 22.7 Å². The highest BCUT2D eigenvalue weighted by molar-refractivity contribution is 9.12. The molecule has 56 valence electrons. The molecule has 0 aromatic carbocycles. The fourth-order valence-electron chi connectivity index (χ4n) is 0.693. The van der Waals surface area contributed by atoms with Crippen molar-refractivity contribution in [3.63, 3.8) is 0 Å². The van der Waals surface area contributed by atoms with Crippen LogP contribution in [0.2, 0.25) is 0 Å². The van der Waals surface area contributed by atoms with Crippen LogP contribution < -0.4 is 0 Å². The maximum atomic E-state index is 6.00. The summed E-state index contributed by atoms with van der Waals surface area (Å²) in [6.45, 7) is 2.04. The maximum Gasteiger partial charge on any atom is 0.0715 e.